The van der Waals surface area contributed by atoms with Crippen LogP contribution in [0.25, 0.3) is 11.1 Å². The normalized spacial score (nSPS) is 29.4. The van der Waals surface area contributed by atoms with Crippen LogP contribution in [-0.4, -0.2) is 0 Å². The summed E-state index contributed by atoms with van der Waals surface area (Å²) in [4.78, 5) is 0. The summed E-state index contributed by atoms with van der Waals surface area (Å²) in [6.07, 6.45) is 23.5. The maximum Gasteiger partial charge on any atom is 0.131 e. The minimum atomic E-state index is -0.201. The zero-order valence-corrected chi connectivity index (χ0v) is 25.4. The fourth-order valence-electron chi connectivity index (χ4n) is 8.66. The molecule has 0 saturated heterocycles. The number of halogens is 2. The van der Waals surface area contributed by atoms with Gasteiger partial charge in [-0.05, 0) is 129 Å². The zero-order valence-electron chi connectivity index (χ0n) is 25.4. The molecular weight excluding hydrogens is 494 g/mol. The Bertz CT molecular complexity index is 1050. The molecule has 0 spiro atoms. The van der Waals surface area contributed by atoms with Crippen LogP contribution in [0.3, 0.4) is 0 Å². The van der Waals surface area contributed by atoms with Gasteiger partial charge in [0.05, 0.1) is 0 Å². The first-order valence-corrected chi connectivity index (χ1v) is 17.1. The molecule has 0 N–H and O–H groups in total. The van der Waals surface area contributed by atoms with Gasteiger partial charge in [-0.2, -0.15) is 0 Å². The van der Waals surface area contributed by atoms with E-state index < -0.39 is 0 Å². The van der Waals surface area contributed by atoms with Crippen molar-refractivity contribution in [2.24, 2.45) is 23.7 Å². The SMILES string of the molecule is CCCCCCC1CCC(C2CCC(c3ccc(-c4ccc(C5CCC(CC)CC5)c(F)c4)c(F)c3)CC2)CC1. The van der Waals surface area contributed by atoms with Crippen molar-refractivity contribution in [1.82, 2.24) is 0 Å². The zero-order chi connectivity index (χ0) is 27.9. The summed E-state index contributed by atoms with van der Waals surface area (Å²) < 4.78 is 30.5. The van der Waals surface area contributed by atoms with Crippen molar-refractivity contribution in [3.63, 3.8) is 0 Å². The molecule has 0 bridgehead atoms. The van der Waals surface area contributed by atoms with Crippen molar-refractivity contribution in [1.29, 1.82) is 0 Å². The molecule has 40 heavy (non-hydrogen) atoms. The molecule has 0 aliphatic heterocycles. The highest BCUT2D eigenvalue weighted by Crippen LogP contribution is 2.45. The van der Waals surface area contributed by atoms with Gasteiger partial charge in [0.1, 0.15) is 11.6 Å². The Morgan fingerprint density at radius 1 is 0.600 bits per heavy atom. The van der Waals surface area contributed by atoms with Crippen LogP contribution in [0, 0.1) is 35.3 Å². The van der Waals surface area contributed by atoms with E-state index in [4.69, 9.17) is 0 Å². The maximum atomic E-state index is 15.4. The number of hydrogen-bond acceptors (Lipinski definition) is 0. The van der Waals surface area contributed by atoms with Gasteiger partial charge in [-0.3, -0.25) is 0 Å². The summed E-state index contributed by atoms with van der Waals surface area (Å²) >= 11 is 0. The van der Waals surface area contributed by atoms with Crippen molar-refractivity contribution in [2.45, 2.75) is 141 Å². The lowest BCUT2D eigenvalue weighted by Gasteiger charge is -2.38. The summed E-state index contributed by atoms with van der Waals surface area (Å²) in [7, 11) is 0. The lowest BCUT2D eigenvalue weighted by Crippen LogP contribution is -2.25. The lowest BCUT2D eigenvalue weighted by atomic mass is 9.68. The van der Waals surface area contributed by atoms with Gasteiger partial charge in [0.2, 0.25) is 0 Å². The second-order valence-corrected chi connectivity index (χ2v) is 13.8. The second-order valence-electron chi connectivity index (χ2n) is 13.8. The minimum Gasteiger partial charge on any atom is -0.207 e. The fraction of sp³-hybridized carbons (Fsp3) is 0.684. The van der Waals surface area contributed by atoms with Gasteiger partial charge in [-0.15, -0.1) is 0 Å². The van der Waals surface area contributed by atoms with E-state index in [-0.39, 0.29) is 11.6 Å². The van der Waals surface area contributed by atoms with E-state index in [0.717, 1.165) is 47.6 Å². The van der Waals surface area contributed by atoms with Gasteiger partial charge in [0.25, 0.3) is 0 Å². The summed E-state index contributed by atoms with van der Waals surface area (Å²) in [6.45, 7) is 4.55. The average Bonchev–Trinajstić information content (AvgIpc) is 3.00. The first kappa shape index (κ1) is 29.8. The molecule has 3 aliphatic rings. The summed E-state index contributed by atoms with van der Waals surface area (Å²) in [5, 5.41) is 0. The van der Waals surface area contributed by atoms with Gasteiger partial charge < -0.3 is 0 Å². The van der Waals surface area contributed by atoms with Crippen LogP contribution in [0.2, 0.25) is 0 Å². The van der Waals surface area contributed by atoms with Crippen LogP contribution in [0.4, 0.5) is 8.78 Å². The van der Waals surface area contributed by atoms with Gasteiger partial charge in [0.15, 0.2) is 0 Å². The summed E-state index contributed by atoms with van der Waals surface area (Å²) in [5.74, 6) is 3.99. The van der Waals surface area contributed by atoms with Crippen LogP contribution < -0.4 is 0 Å². The predicted octanol–water partition coefficient (Wildman–Crippen LogP) is 12.4. The molecule has 0 nitrogen and oxygen atoms in total. The van der Waals surface area contributed by atoms with E-state index in [1.807, 2.05) is 18.2 Å². The molecule has 3 saturated carbocycles. The maximum absolute atomic E-state index is 15.4. The predicted molar refractivity (Wildman–Crippen MR) is 166 cm³/mol. The molecule has 5 rings (SSSR count). The van der Waals surface area contributed by atoms with Gasteiger partial charge in [-0.1, -0.05) is 89.5 Å². The van der Waals surface area contributed by atoms with Crippen molar-refractivity contribution in [3.05, 3.63) is 59.2 Å². The Morgan fingerprint density at radius 2 is 1.25 bits per heavy atom. The van der Waals surface area contributed by atoms with Crippen molar-refractivity contribution in [3.8, 4) is 11.1 Å². The Kier molecular flexibility index (Phi) is 10.8. The highest BCUT2D eigenvalue weighted by Gasteiger charge is 2.31. The van der Waals surface area contributed by atoms with Crippen molar-refractivity contribution >= 4 is 0 Å². The molecule has 3 fully saturated rings. The van der Waals surface area contributed by atoms with E-state index in [1.54, 1.807) is 12.1 Å². The number of hydrogen-bond donors (Lipinski definition) is 0. The van der Waals surface area contributed by atoms with Gasteiger partial charge >= 0.3 is 0 Å². The summed E-state index contributed by atoms with van der Waals surface area (Å²) in [6, 6.07) is 11.2. The molecule has 0 aromatic heterocycles. The largest absolute Gasteiger partial charge is 0.207 e. The molecule has 0 unspecified atom stereocenters. The summed E-state index contributed by atoms with van der Waals surface area (Å²) in [5.41, 5.74) is 3.16. The monoisotopic (exact) mass is 548 g/mol. The van der Waals surface area contributed by atoms with Crippen LogP contribution in [0.15, 0.2) is 36.4 Å². The molecule has 0 heterocycles. The van der Waals surface area contributed by atoms with E-state index >= 15 is 8.78 Å². The first-order valence-electron chi connectivity index (χ1n) is 17.1. The van der Waals surface area contributed by atoms with Gasteiger partial charge in [0, 0.05) is 5.56 Å². The third-order valence-corrected chi connectivity index (χ3v) is 11.4. The molecule has 3 aliphatic carbocycles. The average molecular weight is 549 g/mol. The molecule has 2 aromatic rings. The van der Waals surface area contributed by atoms with Crippen LogP contribution in [-0.2, 0) is 0 Å². The molecule has 220 valence electrons. The van der Waals surface area contributed by atoms with Gasteiger partial charge in [-0.25, -0.2) is 8.78 Å². The number of rotatable bonds is 10. The third kappa shape index (κ3) is 7.38. The van der Waals surface area contributed by atoms with Crippen molar-refractivity contribution < 1.29 is 8.78 Å². The molecule has 0 atom stereocenters. The Balaban J connectivity index is 1.12. The Morgan fingerprint density at radius 3 is 1.88 bits per heavy atom. The molecule has 0 radical (unpaired) electrons. The number of unbranched alkanes of at least 4 members (excludes halogenated alkanes) is 3. The smallest absolute Gasteiger partial charge is 0.131 e. The third-order valence-electron chi connectivity index (χ3n) is 11.4. The molecule has 2 aromatic carbocycles. The highest BCUT2D eigenvalue weighted by molar-refractivity contribution is 5.65. The number of benzene rings is 2. The van der Waals surface area contributed by atoms with E-state index in [9.17, 15) is 0 Å². The molecule has 0 amide bonds. The highest BCUT2D eigenvalue weighted by atomic mass is 19.1. The molecule has 2 heteroatoms. The first-order chi connectivity index (χ1) is 19.6. The topological polar surface area (TPSA) is 0 Å². The van der Waals surface area contributed by atoms with E-state index in [1.165, 1.54) is 103 Å². The van der Waals surface area contributed by atoms with Crippen molar-refractivity contribution in [2.75, 3.05) is 0 Å². The van der Waals surface area contributed by atoms with E-state index in [2.05, 4.69) is 19.9 Å². The van der Waals surface area contributed by atoms with E-state index in [0.29, 0.717) is 23.0 Å². The fourth-order valence-corrected chi connectivity index (χ4v) is 8.66. The molecular formula is C38H54F2. The minimum absolute atomic E-state index is 0.162. The van der Waals surface area contributed by atoms with Crippen LogP contribution in [0.5, 0.6) is 0 Å². The quantitative estimate of drug-likeness (QED) is 0.259. The second kappa shape index (κ2) is 14.5. The van der Waals surface area contributed by atoms with Crippen LogP contribution >= 0.6 is 0 Å². The Labute approximate surface area is 243 Å². The Hall–Kier alpha value is -1.70. The lowest BCUT2D eigenvalue weighted by molar-refractivity contribution is 0.155. The van der Waals surface area contributed by atoms with Crippen LogP contribution in [0.1, 0.15) is 152 Å². The standard InChI is InChI=1S/C38H54F2/c1-3-5-6-7-8-28-11-13-29(14-12-28)30-17-19-31(20-18-30)33-21-23-36(37(39)25-33)34-22-24-35(38(40)26-34)32-15-9-27(4-2)10-16-32/h21-32H,3-20H2,1-2H3.